The first kappa shape index (κ1) is 28.6. The Labute approximate surface area is 240 Å². The Morgan fingerprint density at radius 2 is 1.41 bits per heavy atom. The zero-order chi connectivity index (χ0) is 28.4. The molecule has 0 aliphatic carbocycles. The predicted molar refractivity (Wildman–Crippen MR) is 158 cm³/mol. The van der Waals surface area contributed by atoms with Gasteiger partial charge in [0, 0.05) is 21.4 Å². The van der Waals surface area contributed by atoms with Gasteiger partial charge in [-0.2, -0.15) is 0 Å². The fraction of sp³-hybridized carbons (Fsp3) is 0.0741. The van der Waals surface area contributed by atoms with Gasteiger partial charge in [0.2, 0.25) is 0 Å². The van der Waals surface area contributed by atoms with Crippen molar-refractivity contribution >= 4 is 70.5 Å². The number of sulfonamides is 2. The lowest BCUT2D eigenvalue weighted by Crippen LogP contribution is -2.17. The van der Waals surface area contributed by atoms with E-state index in [9.17, 15) is 21.6 Å². The molecule has 0 bridgehead atoms. The molecular formula is C27H23BrClN3O5S2. The minimum atomic E-state index is -4.10. The highest BCUT2D eigenvalue weighted by molar-refractivity contribution is 9.10. The smallest absolute Gasteiger partial charge is 0.263 e. The third-order valence-electron chi connectivity index (χ3n) is 5.85. The van der Waals surface area contributed by atoms with E-state index >= 15 is 0 Å². The van der Waals surface area contributed by atoms with Gasteiger partial charge in [-0.15, -0.1) is 0 Å². The second-order valence-corrected chi connectivity index (χ2v) is 13.2. The molecule has 8 nitrogen and oxygen atoms in total. The standard InChI is InChI=1S/C27H23BrClN3O5S2/c1-17-4-3-5-25(18(17)2)32-39(36,37)26-16-19(6-15-24(26)29)27(33)30-21-11-13-23(14-12-21)38(34,35)31-22-9-7-20(28)8-10-22/h3-16,31-32H,1-2H3,(H,30,33). The number of nitrogens with one attached hydrogen (secondary N) is 3. The lowest BCUT2D eigenvalue weighted by atomic mass is 10.1. The summed E-state index contributed by atoms with van der Waals surface area (Å²) in [4.78, 5) is 12.7. The molecule has 0 saturated carbocycles. The van der Waals surface area contributed by atoms with Crippen molar-refractivity contribution in [2.75, 3.05) is 14.8 Å². The average Bonchev–Trinajstić information content (AvgIpc) is 2.88. The summed E-state index contributed by atoms with van der Waals surface area (Å²) in [6.07, 6.45) is 0. The van der Waals surface area contributed by atoms with Crippen LogP contribution in [0.15, 0.2) is 99.2 Å². The Balaban J connectivity index is 1.51. The fourth-order valence-electron chi connectivity index (χ4n) is 3.56. The van der Waals surface area contributed by atoms with Crippen LogP contribution in [0.1, 0.15) is 21.5 Å². The van der Waals surface area contributed by atoms with Crippen molar-refractivity contribution in [1.82, 2.24) is 0 Å². The monoisotopic (exact) mass is 647 g/mol. The highest BCUT2D eigenvalue weighted by Gasteiger charge is 2.22. The molecule has 4 aromatic rings. The molecule has 0 radical (unpaired) electrons. The van der Waals surface area contributed by atoms with Crippen LogP contribution in [0.4, 0.5) is 17.1 Å². The molecule has 12 heteroatoms. The number of anilines is 3. The van der Waals surface area contributed by atoms with Gasteiger partial charge in [0.25, 0.3) is 26.0 Å². The molecule has 0 aliphatic rings. The first-order valence-electron chi connectivity index (χ1n) is 11.4. The summed E-state index contributed by atoms with van der Waals surface area (Å²) in [6, 6.07) is 21.4. The molecular weight excluding hydrogens is 626 g/mol. The van der Waals surface area contributed by atoms with Gasteiger partial charge in [-0.1, -0.05) is 39.7 Å². The number of aryl methyl sites for hydroxylation is 1. The third-order valence-corrected chi connectivity index (χ3v) is 9.62. The van der Waals surface area contributed by atoms with Gasteiger partial charge in [0.15, 0.2) is 0 Å². The van der Waals surface area contributed by atoms with Crippen molar-refractivity contribution in [3.8, 4) is 0 Å². The number of carbonyl (C=O) groups excluding carboxylic acids is 1. The minimum absolute atomic E-state index is 0.000747. The molecule has 39 heavy (non-hydrogen) atoms. The van der Waals surface area contributed by atoms with Crippen LogP contribution in [0.3, 0.4) is 0 Å². The summed E-state index contributed by atoms with van der Waals surface area (Å²) >= 11 is 9.49. The first-order chi connectivity index (χ1) is 18.4. The van der Waals surface area contributed by atoms with Crippen molar-refractivity contribution < 1.29 is 21.6 Å². The molecule has 0 aromatic heterocycles. The lowest BCUT2D eigenvalue weighted by molar-refractivity contribution is 0.102. The van der Waals surface area contributed by atoms with Crippen molar-refractivity contribution in [3.63, 3.8) is 0 Å². The van der Waals surface area contributed by atoms with Crippen molar-refractivity contribution in [2.24, 2.45) is 0 Å². The van der Waals surface area contributed by atoms with Crippen LogP contribution >= 0.6 is 27.5 Å². The van der Waals surface area contributed by atoms with Crippen LogP contribution < -0.4 is 14.8 Å². The zero-order valence-corrected chi connectivity index (χ0v) is 24.7. The van der Waals surface area contributed by atoms with Crippen LogP contribution in [0.25, 0.3) is 0 Å². The van der Waals surface area contributed by atoms with E-state index in [1.54, 1.807) is 43.3 Å². The molecule has 4 aromatic carbocycles. The van der Waals surface area contributed by atoms with E-state index in [1.165, 1.54) is 42.5 Å². The SMILES string of the molecule is Cc1cccc(NS(=O)(=O)c2cc(C(=O)Nc3ccc(S(=O)(=O)Nc4ccc(Br)cc4)cc3)ccc2Cl)c1C. The Bertz CT molecular complexity index is 1760. The van der Waals surface area contributed by atoms with E-state index < -0.39 is 26.0 Å². The predicted octanol–water partition coefficient (Wildman–Crippen LogP) is 6.57. The van der Waals surface area contributed by atoms with Gasteiger partial charge in [-0.25, -0.2) is 16.8 Å². The second kappa shape index (κ2) is 11.4. The number of benzene rings is 4. The fourth-order valence-corrected chi connectivity index (χ4v) is 6.54. The Hall–Kier alpha value is -3.38. The van der Waals surface area contributed by atoms with Gasteiger partial charge >= 0.3 is 0 Å². The molecule has 1 amide bonds. The number of hydrogen-bond donors (Lipinski definition) is 3. The quantitative estimate of drug-likeness (QED) is 0.200. The minimum Gasteiger partial charge on any atom is -0.322 e. The van der Waals surface area contributed by atoms with Crippen LogP contribution in [0, 0.1) is 13.8 Å². The van der Waals surface area contributed by atoms with Crippen LogP contribution in [0.2, 0.25) is 5.02 Å². The zero-order valence-electron chi connectivity index (χ0n) is 20.7. The van der Waals surface area contributed by atoms with Gasteiger partial charge in [-0.05, 0) is 97.8 Å². The Morgan fingerprint density at radius 1 is 0.769 bits per heavy atom. The van der Waals surface area contributed by atoms with Crippen LogP contribution in [-0.2, 0) is 20.0 Å². The van der Waals surface area contributed by atoms with Crippen molar-refractivity contribution in [1.29, 1.82) is 0 Å². The molecule has 3 N–H and O–H groups in total. The third kappa shape index (κ3) is 6.80. The van der Waals surface area contributed by atoms with Gasteiger partial charge in [-0.3, -0.25) is 14.2 Å². The van der Waals surface area contributed by atoms with Gasteiger partial charge in [0.05, 0.1) is 15.6 Å². The Kier molecular flexibility index (Phi) is 8.36. The molecule has 0 aliphatic heterocycles. The van der Waals surface area contributed by atoms with Crippen molar-refractivity contribution in [3.05, 3.63) is 111 Å². The normalized spacial score (nSPS) is 11.6. The van der Waals surface area contributed by atoms with Crippen LogP contribution in [-0.4, -0.2) is 22.7 Å². The van der Waals surface area contributed by atoms with E-state index in [2.05, 4.69) is 30.7 Å². The average molecular weight is 649 g/mol. The molecule has 0 saturated heterocycles. The summed E-state index contributed by atoms with van der Waals surface area (Å²) in [7, 11) is -7.95. The van der Waals surface area contributed by atoms with Crippen LogP contribution in [0.5, 0.6) is 0 Å². The molecule has 4 rings (SSSR count). The molecule has 0 fully saturated rings. The highest BCUT2D eigenvalue weighted by atomic mass is 79.9. The maximum absolute atomic E-state index is 13.1. The van der Waals surface area contributed by atoms with E-state index in [-0.39, 0.29) is 20.4 Å². The number of carbonyl (C=O) groups is 1. The largest absolute Gasteiger partial charge is 0.322 e. The molecule has 0 atom stereocenters. The lowest BCUT2D eigenvalue weighted by Gasteiger charge is -2.14. The number of halogens is 2. The van der Waals surface area contributed by atoms with Gasteiger partial charge < -0.3 is 5.32 Å². The summed E-state index contributed by atoms with van der Waals surface area (Å²) < 4.78 is 57.4. The van der Waals surface area contributed by atoms with E-state index in [0.717, 1.165) is 15.6 Å². The number of rotatable bonds is 8. The summed E-state index contributed by atoms with van der Waals surface area (Å²) in [5.41, 5.74) is 2.85. The molecule has 0 unspecified atom stereocenters. The van der Waals surface area contributed by atoms with E-state index in [1.807, 2.05) is 13.0 Å². The van der Waals surface area contributed by atoms with E-state index in [0.29, 0.717) is 17.1 Å². The second-order valence-electron chi connectivity index (χ2n) is 8.59. The summed E-state index contributed by atoms with van der Waals surface area (Å²) in [5.74, 6) is -0.599. The molecule has 202 valence electrons. The molecule has 0 spiro atoms. The van der Waals surface area contributed by atoms with Crippen molar-refractivity contribution in [2.45, 2.75) is 23.6 Å². The van der Waals surface area contributed by atoms with E-state index in [4.69, 9.17) is 11.6 Å². The highest BCUT2D eigenvalue weighted by Crippen LogP contribution is 2.28. The number of hydrogen-bond acceptors (Lipinski definition) is 5. The summed E-state index contributed by atoms with van der Waals surface area (Å²) in [6.45, 7) is 3.66. The topological polar surface area (TPSA) is 121 Å². The maximum Gasteiger partial charge on any atom is 0.263 e. The summed E-state index contributed by atoms with van der Waals surface area (Å²) in [5, 5.41) is 2.60. The molecule has 0 heterocycles. The number of amides is 1. The van der Waals surface area contributed by atoms with Gasteiger partial charge in [0.1, 0.15) is 4.90 Å². The maximum atomic E-state index is 13.1. The Morgan fingerprint density at radius 3 is 2.08 bits per heavy atom. The first-order valence-corrected chi connectivity index (χ1v) is 15.6.